The van der Waals surface area contributed by atoms with Gasteiger partial charge < -0.3 is 15.1 Å². The fraction of sp³-hybridized carbons (Fsp3) is 0.692. The summed E-state index contributed by atoms with van der Waals surface area (Å²) >= 11 is 0. The van der Waals surface area contributed by atoms with Crippen molar-refractivity contribution in [1.29, 1.82) is 0 Å². The number of likely N-dealkylation sites (tertiary alicyclic amines) is 1. The number of hydrogen-bond donors (Lipinski definition) is 1. The number of aromatic nitrogens is 2. The van der Waals surface area contributed by atoms with Gasteiger partial charge in [0.15, 0.2) is 0 Å². The quantitative estimate of drug-likeness (QED) is 0.826. The Bertz CT molecular complexity index is 362. The molecule has 0 unspecified atom stereocenters. The summed E-state index contributed by atoms with van der Waals surface area (Å²) < 4.78 is 0. The van der Waals surface area contributed by atoms with Crippen LogP contribution in [0.25, 0.3) is 0 Å². The summed E-state index contributed by atoms with van der Waals surface area (Å²) in [6.45, 7) is 7.54. The predicted molar refractivity (Wildman–Crippen MR) is 75.1 cm³/mol. The van der Waals surface area contributed by atoms with Gasteiger partial charge in [-0.3, -0.25) is 4.98 Å². The predicted octanol–water partition coefficient (Wildman–Crippen LogP) is 1.44. The Hall–Kier alpha value is -1.36. The van der Waals surface area contributed by atoms with Crippen LogP contribution < -0.4 is 10.2 Å². The van der Waals surface area contributed by atoms with E-state index in [1.807, 2.05) is 6.20 Å². The van der Waals surface area contributed by atoms with Crippen LogP contribution in [0.2, 0.25) is 0 Å². The summed E-state index contributed by atoms with van der Waals surface area (Å²) in [4.78, 5) is 13.4. The van der Waals surface area contributed by atoms with Gasteiger partial charge >= 0.3 is 0 Å². The summed E-state index contributed by atoms with van der Waals surface area (Å²) in [5.41, 5.74) is 0. The zero-order valence-electron chi connectivity index (χ0n) is 11.4. The van der Waals surface area contributed by atoms with E-state index in [9.17, 15) is 0 Å². The summed E-state index contributed by atoms with van der Waals surface area (Å²) in [5.74, 6) is 1.79. The van der Waals surface area contributed by atoms with Gasteiger partial charge in [-0.1, -0.05) is 0 Å². The van der Waals surface area contributed by atoms with Crippen LogP contribution >= 0.6 is 0 Å². The lowest BCUT2D eigenvalue weighted by molar-refractivity contribution is 0.346. The van der Waals surface area contributed by atoms with Gasteiger partial charge in [-0.2, -0.15) is 0 Å². The average Bonchev–Trinajstić information content (AvgIpc) is 2.90. The van der Waals surface area contributed by atoms with Crippen molar-refractivity contribution >= 4 is 11.6 Å². The maximum absolute atomic E-state index is 4.54. The lowest BCUT2D eigenvalue weighted by Crippen LogP contribution is -2.31. The van der Waals surface area contributed by atoms with Gasteiger partial charge in [0.1, 0.15) is 11.6 Å². The zero-order chi connectivity index (χ0) is 12.8. The van der Waals surface area contributed by atoms with E-state index in [1.165, 1.54) is 25.9 Å². The SMILES string of the molecule is CCNc1cncc(N(C)CCN2CCCC2)n1. The summed E-state index contributed by atoms with van der Waals surface area (Å²) in [5, 5.41) is 3.19. The first-order valence-electron chi connectivity index (χ1n) is 6.79. The molecule has 0 amide bonds. The third-order valence-corrected chi connectivity index (χ3v) is 3.32. The molecule has 2 rings (SSSR count). The van der Waals surface area contributed by atoms with Gasteiger partial charge in [0, 0.05) is 26.7 Å². The number of rotatable bonds is 6. The summed E-state index contributed by atoms with van der Waals surface area (Å²) in [6, 6.07) is 0. The van der Waals surface area contributed by atoms with Crippen LogP contribution in [-0.2, 0) is 0 Å². The lowest BCUT2D eigenvalue weighted by atomic mass is 10.4. The number of likely N-dealkylation sites (N-methyl/N-ethyl adjacent to an activating group) is 1. The third kappa shape index (κ3) is 3.57. The molecule has 1 aliphatic rings. The highest BCUT2D eigenvalue weighted by Gasteiger charge is 2.12. The second-order valence-electron chi connectivity index (χ2n) is 4.76. The highest BCUT2D eigenvalue weighted by molar-refractivity contribution is 5.43. The largest absolute Gasteiger partial charge is 0.369 e. The molecule has 0 aliphatic carbocycles. The molecule has 1 saturated heterocycles. The van der Waals surface area contributed by atoms with E-state index in [4.69, 9.17) is 0 Å². The molecule has 5 heteroatoms. The van der Waals surface area contributed by atoms with Crippen LogP contribution in [0, 0.1) is 0 Å². The Labute approximate surface area is 109 Å². The molecule has 0 saturated carbocycles. The number of nitrogens with one attached hydrogen (secondary N) is 1. The Morgan fingerprint density at radius 3 is 2.83 bits per heavy atom. The topological polar surface area (TPSA) is 44.3 Å². The van der Waals surface area contributed by atoms with Crippen molar-refractivity contribution in [2.75, 3.05) is 50.0 Å². The molecule has 1 aromatic rings. The Balaban J connectivity index is 1.86. The fourth-order valence-electron chi connectivity index (χ4n) is 2.22. The van der Waals surface area contributed by atoms with E-state index in [0.29, 0.717) is 0 Å². The van der Waals surface area contributed by atoms with Gasteiger partial charge in [-0.05, 0) is 32.9 Å². The molecule has 100 valence electrons. The van der Waals surface area contributed by atoms with E-state index in [2.05, 4.69) is 39.1 Å². The van der Waals surface area contributed by atoms with Crippen LogP contribution in [-0.4, -0.2) is 54.6 Å². The fourth-order valence-corrected chi connectivity index (χ4v) is 2.22. The lowest BCUT2D eigenvalue weighted by Gasteiger charge is -2.22. The Morgan fingerprint density at radius 1 is 1.33 bits per heavy atom. The highest BCUT2D eigenvalue weighted by atomic mass is 15.2. The summed E-state index contributed by atoms with van der Waals surface area (Å²) in [6.07, 6.45) is 6.28. The molecule has 1 N–H and O–H groups in total. The molecule has 2 heterocycles. The van der Waals surface area contributed by atoms with Gasteiger partial charge in [-0.25, -0.2) is 4.98 Å². The second kappa shape index (κ2) is 6.54. The van der Waals surface area contributed by atoms with Gasteiger partial charge in [-0.15, -0.1) is 0 Å². The van der Waals surface area contributed by atoms with Crippen molar-refractivity contribution < 1.29 is 0 Å². The van der Waals surface area contributed by atoms with E-state index >= 15 is 0 Å². The first-order chi connectivity index (χ1) is 8.79. The van der Waals surface area contributed by atoms with Crippen LogP contribution in [0.4, 0.5) is 11.6 Å². The second-order valence-corrected chi connectivity index (χ2v) is 4.76. The number of anilines is 2. The molecule has 0 atom stereocenters. The summed E-state index contributed by atoms with van der Waals surface area (Å²) in [7, 11) is 2.08. The molecule has 0 bridgehead atoms. The highest BCUT2D eigenvalue weighted by Crippen LogP contribution is 2.12. The minimum absolute atomic E-state index is 0.850. The van der Waals surface area contributed by atoms with E-state index in [-0.39, 0.29) is 0 Å². The van der Waals surface area contributed by atoms with Crippen molar-refractivity contribution in [3.63, 3.8) is 0 Å². The van der Waals surface area contributed by atoms with Crippen molar-refractivity contribution in [3.8, 4) is 0 Å². The molecule has 5 nitrogen and oxygen atoms in total. The molecule has 1 fully saturated rings. The van der Waals surface area contributed by atoms with Crippen LogP contribution in [0.5, 0.6) is 0 Å². The number of hydrogen-bond acceptors (Lipinski definition) is 5. The van der Waals surface area contributed by atoms with Gasteiger partial charge in [0.05, 0.1) is 12.4 Å². The molecule has 0 spiro atoms. The van der Waals surface area contributed by atoms with Gasteiger partial charge in [0.25, 0.3) is 0 Å². The molecule has 0 aromatic carbocycles. The molecule has 1 aromatic heterocycles. The Kier molecular flexibility index (Phi) is 4.75. The maximum atomic E-state index is 4.54. The van der Waals surface area contributed by atoms with E-state index in [0.717, 1.165) is 31.3 Å². The zero-order valence-corrected chi connectivity index (χ0v) is 11.4. The smallest absolute Gasteiger partial charge is 0.149 e. The van der Waals surface area contributed by atoms with Crippen LogP contribution in [0.3, 0.4) is 0 Å². The van der Waals surface area contributed by atoms with E-state index in [1.54, 1.807) is 6.20 Å². The van der Waals surface area contributed by atoms with Crippen LogP contribution in [0.15, 0.2) is 12.4 Å². The van der Waals surface area contributed by atoms with Crippen molar-refractivity contribution in [3.05, 3.63) is 12.4 Å². The monoisotopic (exact) mass is 249 g/mol. The van der Waals surface area contributed by atoms with E-state index < -0.39 is 0 Å². The first-order valence-corrected chi connectivity index (χ1v) is 6.79. The van der Waals surface area contributed by atoms with Crippen molar-refractivity contribution in [2.45, 2.75) is 19.8 Å². The number of nitrogens with zero attached hydrogens (tertiary/aromatic N) is 4. The van der Waals surface area contributed by atoms with Crippen LogP contribution in [0.1, 0.15) is 19.8 Å². The average molecular weight is 249 g/mol. The molecule has 1 aliphatic heterocycles. The normalized spacial score (nSPS) is 15.9. The van der Waals surface area contributed by atoms with Crippen molar-refractivity contribution in [1.82, 2.24) is 14.9 Å². The minimum Gasteiger partial charge on any atom is -0.369 e. The molecular formula is C13H23N5. The van der Waals surface area contributed by atoms with Gasteiger partial charge in [0.2, 0.25) is 0 Å². The first kappa shape index (κ1) is 13.1. The van der Waals surface area contributed by atoms with Crippen molar-refractivity contribution in [2.24, 2.45) is 0 Å². The molecule has 0 radical (unpaired) electrons. The standard InChI is InChI=1S/C13H23N5/c1-3-15-12-10-14-11-13(16-12)17(2)8-9-18-6-4-5-7-18/h10-11H,3-9H2,1-2H3,(H,15,16). The minimum atomic E-state index is 0.850. The maximum Gasteiger partial charge on any atom is 0.149 e. The third-order valence-electron chi connectivity index (χ3n) is 3.32. The molecule has 18 heavy (non-hydrogen) atoms. The molecular weight excluding hydrogens is 226 g/mol. The Morgan fingerprint density at radius 2 is 2.11 bits per heavy atom.